The zero-order chi connectivity index (χ0) is 27.8. The fourth-order valence-corrected chi connectivity index (χ4v) is 6.95. The van der Waals surface area contributed by atoms with Crippen LogP contribution in [-0.2, 0) is 14.9 Å². The van der Waals surface area contributed by atoms with Crippen molar-refractivity contribution in [1.29, 1.82) is 0 Å². The van der Waals surface area contributed by atoms with Gasteiger partial charge in [-0.25, -0.2) is 0 Å². The molecule has 3 saturated heterocycles. The quantitative estimate of drug-likeness (QED) is 0.327. The fraction of sp³-hybridized carbons (Fsp3) is 0.394. The second-order valence-corrected chi connectivity index (χ2v) is 11.7. The number of aromatic nitrogens is 2. The van der Waals surface area contributed by atoms with Crippen LogP contribution in [0.4, 0.5) is 5.69 Å². The van der Waals surface area contributed by atoms with Crippen molar-refractivity contribution in [2.75, 3.05) is 37.9 Å². The topological polar surface area (TPSA) is 99.7 Å². The van der Waals surface area contributed by atoms with Gasteiger partial charge in [0, 0.05) is 47.4 Å². The monoisotopic (exact) mass is 552 g/mol. The second kappa shape index (κ2) is 10.9. The Kier molecular flexibility index (Phi) is 6.98. The van der Waals surface area contributed by atoms with Crippen LogP contribution in [0.3, 0.4) is 0 Å². The van der Waals surface area contributed by atoms with Gasteiger partial charge >= 0.3 is 0 Å². The summed E-state index contributed by atoms with van der Waals surface area (Å²) in [5, 5.41) is 22.1. The molecule has 3 aliphatic heterocycles. The maximum absolute atomic E-state index is 13.4. The first-order chi connectivity index (χ1) is 20.1. The number of nitrogens with one attached hydrogen (secondary N) is 2. The van der Waals surface area contributed by atoms with Crippen molar-refractivity contribution < 1.29 is 19.4 Å². The molecule has 1 amide bonds. The van der Waals surface area contributed by atoms with Crippen molar-refractivity contribution in [1.82, 2.24) is 15.5 Å². The number of rotatable bonds is 6. The first-order valence-corrected chi connectivity index (χ1v) is 14.6. The fourth-order valence-electron chi connectivity index (χ4n) is 6.95. The normalized spacial score (nSPS) is 23.8. The Morgan fingerprint density at radius 2 is 1.71 bits per heavy atom. The van der Waals surface area contributed by atoms with E-state index in [4.69, 9.17) is 9.47 Å². The van der Waals surface area contributed by atoms with E-state index in [9.17, 15) is 9.90 Å². The molecule has 212 valence electrons. The highest BCUT2D eigenvalue weighted by atomic mass is 16.5. The van der Waals surface area contributed by atoms with Gasteiger partial charge in [0.15, 0.2) is 0 Å². The first-order valence-electron chi connectivity index (χ1n) is 14.6. The molecule has 0 unspecified atom stereocenters. The summed E-state index contributed by atoms with van der Waals surface area (Å²) in [6.45, 7) is 3.25. The lowest BCUT2D eigenvalue weighted by Crippen LogP contribution is -2.58. The van der Waals surface area contributed by atoms with Crippen molar-refractivity contribution in [2.24, 2.45) is 0 Å². The number of carbonyl (C=O) groups excluding carboxylic acids is 1. The molecular weight excluding hydrogens is 516 g/mol. The highest BCUT2D eigenvalue weighted by Crippen LogP contribution is 2.36. The molecule has 3 aromatic carbocycles. The number of hydrogen-bond acceptors (Lipinski definition) is 6. The van der Waals surface area contributed by atoms with Gasteiger partial charge in [0.05, 0.1) is 42.6 Å². The Morgan fingerprint density at radius 3 is 2.44 bits per heavy atom. The second-order valence-electron chi connectivity index (χ2n) is 11.7. The number of ether oxygens (including phenoxy) is 2. The summed E-state index contributed by atoms with van der Waals surface area (Å²) in [6.07, 6.45) is 2.96. The molecule has 3 fully saturated rings. The average Bonchev–Trinajstić information content (AvgIpc) is 3.44. The Labute approximate surface area is 239 Å². The van der Waals surface area contributed by atoms with Gasteiger partial charge in [-0.05, 0) is 61.6 Å². The average molecular weight is 553 g/mol. The third-order valence-corrected chi connectivity index (χ3v) is 9.18. The van der Waals surface area contributed by atoms with Crippen LogP contribution in [0.25, 0.3) is 22.2 Å². The minimum absolute atomic E-state index is 0.0859. The number of aliphatic hydroxyl groups excluding tert-OH is 1. The molecule has 4 aromatic rings. The standard InChI is InChI=1S/C33H36N4O4/c38-28-17-26-19-41-20-27(18-28)37(26)25-9-6-22(7-10-25)31-29-16-23(8-11-30(29)35-36-31)32(39)34-21-33(12-14-40-15-13-33)24-4-2-1-3-5-24/h1-11,16,26-28,38H,12-15,17-21H2,(H,34,39)(H,35,36)/t26-,27+,28-. The maximum Gasteiger partial charge on any atom is 0.251 e. The van der Waals surface area contributed by atoms with E-state index < -0.39 is 0 Å². The lowest BCUT2D eigenvalue weighted by molar-refractivity contribution is 0.00124. The van der Waals surface area contributed by atoms with Crippen LogP contribution < -0.4 is 10.2 Å². The van der Waals surface area contributed by atoms with Gasteiger partial charge in [0.1, 0.15) is 0 Å². The van der Waals surface area contributed by atoms with Crippen LogP contribution in [-0.4, -0.2) is 72.4 Å². The third kappa shape index (κ3) is 5.01. The molecule has 0 radical (unpaired) electrons. The lowest BCUT2D eigenvalue weighted by atomic mass is 9.74. The van der Waals surface area contributed by atoms with Gasteiger partial charge in [0.25, 0.3) is 5.91 Å². The lowest BCUT2D eigenvalue weighted by Gasteiger charge is -2.48. The minimum Gasteiger partial charge on any atom is -0.393 e. The van der Waals surface area contributed by atoms with Crippen LogP contribution in [0.1, 0.15) is 41.6 Å². The Bertz CT molecular complexity index is 1500. The summed E-state index contributed by atoms with van der Waals surface area (Å²) in [5.74, 6) is -0.0859. The number of hydrogen-bond donors (Lipinski definition) is 3. The van der Waals surface area contributed by atoms with E-state index >= 15 is 0 Å². The van der Waals surface area contributed by atoms with E-state index in [1.54, 1.807) is 0 Å². The SMILES string of the molecule is O=C(NCC1(c2ccccc2)CCOCC1)c1ccc2[nH]nc(-c3ccc(N4[C@@H]5COC[C@H]4C[C@@H](O)C5)cc3)c2c1. The molecule has 8 nitrogen and oxygen atoms in total. The van der Waals surface area contributed by atoms with Crippen LogP contribution in [0, 0.1) is 0 Å². The summed E-state index contributed by atoms with van der Waals surface area (Å²) in [4.78, 5) is 15.8. The molecule has 0 aliphatic carbocycles. The van der Waals surface area contributed by atoms with Gasteiger partial charge in [0.2, 0.25) is 0 Å². The van der Waals surface area contributed by atoms with Gasteiger partial charge in [-0.2, -0.15) is 5.10 Å². The number of nitrogens with zero attached hydrogens (tertiary/aromatic N) is 2. The van der Waals surface area contributed by atoms with E-state index in [1.807, 2.05) is 24.3 Å². The van der Waals surface area contributed by atoms with Crippen molar-refractivity contribution in [3.05, 3.63) is 83.9 Å². The number of anilines is 1. The summed E-state index contributed by atoms with van der Waals surface area (Å²) >= 11 is 0. The predicted octanol–water partition coefficient (Wildman–Crippen LogP) is 4.44. The Hall–Kier alpha value is -3.72. The van der Waals surface area contributed by atoms with E-state index in [0.29, 0.717) is 38.5 Å². The van der Waals surface area contributed by atoms with Crippen molar-refractivity contribution in [2.45, 2.75) is 49.3 Å². The number of fused-ring (bicyclic) bond motifs is 3. The molecule has 4 heterocycles. The number of benzene rings is 3. The zero-order valence-electron chi connectivity index (χ0n) is 23.1. The molecule has 8 heteroatoms. The van der Waals surface area contributed by atoms with Crippen molar-refractivity contribution >= 4 is 22.5 Å². The van der Waals surface area contributed by atoms with E-state index in [1.165, 1.54) is 5.56 Å². The first kappa shape index (κ1) is 26.2. The summed E-state index contributed by atoms with van der Waals surface area (Å²) in [7, 11) is 0. The van der Waals surface area contributed by atoms with E-state index in [0.717, 1.165) is 53.5 Å². The highest BCUT2D eigenvalue weighted by molar-refractivity contribution is 6.01. The summed E-state index contributed by atoms with van der Waals surface area (Å²) < 4.78 is 11.4. The molecule has 3 aliphatic rings. The van der Waals surface area contributed by atoms with Crippen LogP contribution in [0.5, 0.6) is 0 Å². The molecule has 41 heavy (non-hydrogen) atoms. The summed E-state index contributed by atoms with van der Waals surface area (Å²) in [6, 6.07) is 25.0. The molecule has 2 bridgehead atoms. The molecule has 7 rings (SSSR count). The number of piperidine rings is 1. The Morgan fingerprint density at radius 1 is 0.976 bits per heavy atom. The number of morpholine rings is 1. The highest BCUT2D eigenvalue weighted by Gasteiger charge is 2.38. The van der Waals surface area contributed by atoms with Gasteiger partial charge in [-0.3, -0.25) is 9.89 Å². The molecule has 3 atom stereocenters. The largest absolute Gasteiger partial charge is 0.393 e. The maximum atomic E-state index is 13.4. The number of aromatic amines is 1. The van der Waals surface area contributed by atoms with Crippen molar-refractivity contribution in [3.63, 3.8) is 0 Å². The summed E-state index contributed by atoms with van der Waals surface area (Å²) in [5.41, 5.74) is 5.58. The van der Waals surface area contributed by atoms with Crippen LogP contribution >= 0.6 is 0 Å². The molecule has 1 aromatic heterocycles. The Balaban J connectivity index is 1.11. The molecule has 0 saturated carbocycles. The molecular formula is C33H36N4O4. The van der Waals surface area contributed by atoms with Gasteiger partial charge in [-0.1, -0.05) is 42.5 Å². The van der Waals surface area contributed by atoms with Crippen LogP contribution in [0.15, 0.2) is 72.8 Å². The van der Waals surface area contributed by atoms with Gasteiger partial charge < -0.3 is 24.8 Å². The van der Waals surface area contributed by atoms with Crippen LogP contribution in [0.2, 0.25) is 0 Å². The van der Waals surface area contributed by atoms with Crippen molar-refractivity contribution in [3.8, 4) is 11.3 Å². The van der Waals surface area contributed by atoms with Gasteiger partial charge in [-0.15, -0.1) is 0 Å². The number of carbonyl (C=O) groups is 1. The predicted molar refractivity (Wildman–Crippen MR) is 158 cm³/mol. The van der Waals surface area contributed by atoms with E-state index in [-0.39, 0.29) is 29.5 Å². The number of H-pyrrole nitrogens is 1. The van der Waals surface area contributed by atoms with E-state index in [2.05, 4.69) is 68.9 Å². The smallest absolute Gasteiger partial charge is 0.251 e. The minimum atomic E-state index is -0.258. The number of amides is 1. The zero-order valence-corrected chi connectivity index (χ0v) is 23.1. The number of aliphatic hydroxyl groups is 1. The molecule has 0 spiro atoms. The molecule has 3 N–H and O–H groups in total. The third-order valence-electron chi connectivity index (χ3n) is 9.18.